The zero-order chi connectivity index (χ0) is 18.5. The number of benzene rings is 1. The number of phenolic OH excluding ortho intramolecular Hbond substituents is 1. The van der Waals surface area contributed by atoms with E-state index in [2.05, 4.69) is 20.9 Å². The van der Waals surface area contributed by atoms with Gasteiger partial charge in [-0.3, -0.25) is 9.59 Å². The number of aldehydes is 1. The van der Waals surface area contributed by atoms with Gasteiger partial charge in [-0.15, -0.1) is 0 Å². The Morgan fingerprint density at radius 1 is 1.35 bits per heavy atom. The van der Waals surface area contributed by atoms with Gasteiger partial charge in [0.25, 0.3) is 5.91 Å². The van der Waals surface area contributed by atoms with E-state index in [4.69, 9.17) is 4.74 Å². The minimum absolute atomic E-state index is 0.0928. The van der Waals surface area contributed by atoms with Crippen LogP contribution in [-0.4, -0.2) is 46.4 Å². The maximum absolute atomic E-state index is 12.9. The third-order valence-corrected chi connectivity index (χ3v) is 5.10. The molecule has 7 heteroatoms. The van der Waals surface area contributed by atoms with Crippen LogP contribution in [0.3, 0.4) is 0 Å². The van der Waals surface area contributed by atoms with Gasteiger partial charge in [-0.1, -0.05) is 6.07 Å². The lowest BCUT2D eigenvalue weighted by Crippen LogP contribution is -2.46. The fourth-order valence-corrected chi connectivity index (χ4v) is 3.52. The molecule has 1 aliphatic heterocycles. The lowest BCUT2D eigenvalue weighted by atomic mass is 10.0. The average Bonchev–Trinajstić information content (AvgIpc) is 2.66. The van der Waals surface area contributed by atoms with Crippen LogP contribution in [0.1, 0.15) is 40.0 Å². The second kappa shape index (κ2) is 8.31. The molecule has 1 aromatic carbocycles. The molecule has 1 aliphatic rings. The molecule has 0 radical (unpaired) electrons. The van der Waals surface area contributed by atoms with Crippen LogP contribution < -0.4 is 4.74 Å². The highest BCUT2D eigenvalue weighted by Crippen LogP contribution is 2.27. The predicted octanol–water partition coefficient (Wildman–Crippen LogP) is 3.44. The summed E-state index contributed by atoms with van der Waals surface area (Å²) in [4.78, 5) is 30.0. The van der Waals surface area contributed by atoms with Crippen LogP contribution in [0, 0.1) is 0 Å². The number of piperidine rings is 1. The molecule has 0 bridgehead atoms. The van der Waals surface area contributed by atoms with Crippen LogP contribution in [-0.2, 0) is 0 Å². The number of nitrogens with zero attached hydrogens (tertiary/aromatic N) is 2. The summed E-state index contributed by atoms with van der Waals surface area (Å²) in [6, 6.07) is 8.06. The predicted molar refractivity (Wildman–Crippen MR) is 99.6 cm³/mol. The number of aromatic hydroxyl groups is 1. The molecular formula is C19H19BrN2O4. The molecule has 3 rings (SSSR count). The van der Waals surface area contributed by atoms with Gasteiger partial charge in [-0.05, 0) is 59.5 Å². The van der Waals surface area contributed by atoms with Crippen LogP contribution >= 0.6 is 15.9 Å². The second-order valence-electron chi connectivity index (χ2n) is 6.11. The molecule has 1 aromatic heterocycles. The highest BCUT2D eigenvalue weighted by molar-refractivity contribution is 9.10. The number of pyridine rings is 1. The number of amides is 1. The molecule has 1 saturated heterocycles. The fourth-order valence-electron chi connectivity index (χ4n) is 3.10. The molecule has 1 N–H and O–H groups in total. The third kappa shape index (κ3) is 3.88. The number of hydrogen-bond acceptors (Lipinski definition) is 5. The van der Waals surface area contributed by atoms with E-state index in [1.807, 2.05) is 0 Å². The van der Waals surface area contributed by atoms with Crippen molar-refractivity contribution in [1.29, 1.82) is 0 Å². The summed E-state index contributed by atoms with van der Waals surface area (Å²) in [7, 11) is 0. The maximum atomic E-state index is 12.9. The molecule has 0 spiro atoms. The van der Waals surface area contributed by atoms with Crippen LogP contribution in [0.25, 0.3) is 0 Å². The monoisotopic (exact) mass is 418 g/mol. The number of carbonyl (C=O) groups excluding carboxylic acids is 2. The van der Waals surface area contributed by atoms with Crippen molar-refractivity contribution in [3.8, 4) is 11.5 Å². The SMILES string of the molecule is O=Cc1c(O)cccc1OC[C@@H]1CCCCN1C(=O)c1cccnc1Br. The van der Waals surface area contributed by atoms with E-state index >= 15 is 0 Å². The van der Waals surface area contributed by atoms with Crippen LogP contribution in [0.15, 0.2) is 41.1 Å². The molecule has 0 aliphatic carbocycles. The second-order valence-corrected chi connectivity index (χ2v) is 6.86. The minimum atomic E-state index is -0.117. The third-order valence-electron chi connectivity index (χ3n) is 4.47. The molecule has 2 heterocycles. The maximum Gasteiger partial charge on any atom is 0.256 e. The first-order chi connectivity index (χ1) is 12.6. The zero-order valence-corrected chi connectivity index (χ0v) is 15.7. The summed E-state index contributed by atoms with van der Waals surface area (Å²) in [5.74, 6) is 0.110. The van der Waals surface area contributed by atoms with Crippen molar-refractivity contribution in [2.24, 2.45) is 0 Å². The van der Waals surface area contributed by atoms with Gasteiger partial charge >= 0.3 is 0 Å². The Morgan fingerprint density at radius 3 is 2.96 bits per heavy atom. The molecule has 1 amide bonds. The van der Waals surface area contributed by atoms with E-state index in [0.29, 0.717) is 28.7 Å². The number of aromatic nitrogens is 1. The van der Waals surface area contributed by atoms with Crippen molar-refractivity contribution in [3.05, 3.63) is 52.3 Å². The minimum Gasteiger partial charge on any atom is -0.507 e. The largest absolute Gasteiger partial charge is 0.507 e. The summed E-state index contributed by atoms with van der Waals surface area (Å²) in [5.41, 5.74) is 0.640. The highest BCUT2D eigenvalue weighted by atomic mass is 79.9. The van der Waals surface area contributed by atoms with E-state index in [1.54, 1.807) is 35.4 Å². The Hall–Kier alpha value is -2.41. The molecule has 1 atom stereocenters. The Bertz CT molecular complexity index is 812. The smallest absolute Gasteiger partial charge is 0.256 e. The van der Waals surface area contributed by atoms with Crippen molar-refractivity contribution in [3.63, 3.8) is 0 Å². The fraction of sp³-hybridized carbons (Fsp3) is 0.316. The Balaban J connectivity index is 1.76. The van der Waals surface area contributed by atoms with Crippen molar-refractivity contribution in [2.75, 3.05) is 13.2 Å². The van der Waals surface area contributed by atoms with Gasteiger partial charge in [-0.25, -0.2) is 4.98 Å². The standard InChI is InChI=1S/C19H19BrN2O4/c20-18-14(6-4-9-21-18)19(25)22-10-2-1-5-13(22)12-26-17-8-3-7-16(24)15(17)11-23/h3-4,6-9,11,13,24H,1-2,5,10,12H2/t13-/m0/s1. The molecule has 1 fully saturated rings. The normalized spacial score (nSPS) is 17.0. The van der Waals surface area contributed by atoms with Crippen LogP contribution in [0.2, 0.25) is 0 Å². The van der Waals surface area contributed by atoms with E-state index in [-0.39, 0.29) is 29.9 Å². The quantitative estimate of drug-likeness (QED) is 0.594. The van der Waals surface area contributed by atoms with Crippen molar-refractivity contribution >= 4 is 28.1 Å². The Kier molecular flexibility index (Phi) is 5.88. The number of rotatable bonds is 5. The lowest BCUT2D eigenvalue weighted by molar-refractivity contribution is 0.0525. The summed E-state index contributed by atoms with van der Waals surface area (Å²) in [6.45, 7) is 0.905. The highest BCUT2D eigenvalue weighted by Gasteiger charge is 2.29. The van der Waals surface area contributed by atoms with Crippen molar-refractivity contribution in [2.45, 2.75) is 25.3 Å². The average molecular weight is 419 g/mol. The number of halogens is 1. The van der Waals surface area contributed by atoms with E-state index in [0.717, 1.165) is 19.3 Å². The van der Waals surface area contributed by atoms with Crippen LogP contribution in [0.5, 0.6) is 11.5 Å². The summed E-state index contributed by atoms with van der Waals surface area (Å²) in [6.07, 6.45) is 4.96. The number of ether oxygens (including phenoxy) is 1. The number of phenols is 1. The number of likely N-dealkylation sites (tertiary alicyclic amines) is 1. The van der Waals surface area contributed by atoms with Gasteiger partial charge < -0.3 is 14.7 Å². The number of hydrogen-bond donors (Lipinski definition) is 1. The van der Waals surface area contributed by atoms with Gasteiger partial charge in [0, 0.05) is 12.7 Å². The van der Waals surface area contributed by atoms with Gasteiger partial charge in [0.15, 0.2) is 6.29 Å². The molecule has 26 heavy (non-hydrogen) atoms. The molecule has 6 nitrogen and oxygen atoms in total. The summed E-state index contributed by atoms with van der Waals surface area (Å²) >= 11 is 3.33. The Labute approximate surface area is 159 Å². The molecule has 0 unspecified atom stereocenters. The first-order valence-electron chi connectivity index (χ1n) is 8.43. The molecule has 0 saturated carbocycles. The molecule has 136 valence electrons. The van der Waals surface area contributed by atoms with E-state index in [9.17, 15) is 14.7 Å². The van der Waals surface area contributed by atoms with Gasteiger partial charge in [0.1, 0.15) is 22.7 Å². The zero-order valence-electron chi connectivity index (χ0n) is 14.1. The Morgan fingerprint density at radius 2 is 2.19 bits per heavy atom. The van der Waals surface area contributed by atoms with Crippen LogP contribution in [0.4, 0.5) is 0 Å². The first kappa shape index (κ1) is 18.4. The topological polar surface area (TPSA) is 79.7 Å². The van der Waals surface area contributed by atoms with Gasteiger partial charge in [0.2, 0.25) is 0 Å². The summed E-state index contributed by atoms with van der Waals surface area (Å²) in [5, 5.41) is 9.76. The van der Waals surface area contributed by atoms with E-state index in [1.165, 1.54) is 6.07 Å². The van der Waals surface area contributed by atoms with E-state index < -0.39 is 0 Å². The molecular weight excluding hydrogens is 400 g/mol. The summed E-state index contributed by atoms with van der Waals surface area (Å²) < 4.78 is 6.30. The molecule has 2 aromatic rings. The van der Waals surface area contributed by atoms with Crippen molar-refractivity contribution < 1.29 is 19.4 Å². The number of carbonyl (C=O) groups is 2. The van der Waals surface area contributed by atoms with Gasteiger partial charge in [0.05, 0.1) is 17.2 Å². The van der Waals surface area contributed by atoms with Crippen molar-refractivity contribution in [1.82, 2.24) is 9.88 Å². The lowest BCUT2D eigenvalue weighted by Gasteiger charge is -2.35. The van der Waals surface area contributed by atoms with Gasteiger partial charge in [-0.2, -0.15) is 0 Å². The first-order valence-corrected chi connectivity index (χ1v) is 9.22.